The minimum atomic E-state index is -0.675. The third-order valence-corrected chi connectivity index (χ3v) is 4.05. The van der Waals surface area contributed by atoms with Crippen molar-refractivity contribution in [2.24, 2.45) is 0 Å². The second kappa shape index (κ2) is 11.8. The van der Waals surface area contributed by atoms with Crippen LogP contribution in [0.25, 0.3) is 0 Å². The molecule has 2 unspecified atom stereocenters. The molecule has 0 aromatic heterocycles. The van der Waals surface area contributed by atoms with Crippen LogP contribution in [-0.2, 0) is 9.53 Å². The fraction of sp³-hybridized carbons (Fsp3) is 0.833. The molecule has 122 valence electrons. The van der Waals surface area contributed by atoms with Gasteiger partial charge in [-0.25, -0.2) is 0 Å². The lowest BCUT2D eigenvalue weighted by Crippen LogP contribution is -1.94. The predicted octanol–water partition coefficient (Wildman–Crippen LogP) is 5.10. The number of unbranched alkanes of at least 4 members (excludes halogenated alkanes) is 8. The van der Waals surface area contributed by atoms with E-state index in [1.54, 1.807) is 0 Å². The molecule has 21 heavy (non-hydrogen) atoms. The topological polar surface area (TPSA) is 49.8 Å². The lowest BCUT2D eigenvalue weighted by molar-refractivity contribution is -0.137. The number of carboxylic acids is 1. The number of rotatable bonds is 14. The smallest absolute Gasteiger partial charge is 0.303 e. The number of hydrogen-bond donors (Lipinski definition) is 1. The van der Waals surface area contributed by atoms with Gasteiger partial charge < -0.3 is 9.84 Å². The number of allylic oxidation sites excluding steroid dienone is 1. The summed E-state index contributed by atoms with van der Waals surface area (Å²) in [5, 5.41) is 8.53. The van der Waals surface area contributed by atoms with Crippen molar-refractivity contribution in [3.8, 4) is 0 Å². The highest BCUT2D eigenvalue weighted by Gasteiger charge is 2.35. The molecule has 0 amide bonds. The molecule has 1 aliphatic rings. The van der Waals surface area contributed by atoms with Crippen molar-refractivity contribution in [3.05, 3.63) is 12.2 Å². The van der Waals surface area contributed by atoms with Gasteiger partial charge in [-0.05, 0) is 25.7 Å². The van der Waals surface area contributed by atoms with E-state index in [-0.39, 0.29) is 0 Å². The quantitative estimate of drug-likeness (QED) is 0.276. The Morgan fingerprint density at radius 2 is 1.76 bits per heavy atom. The van der Waals surface area contributed by atoms with Gasteiger partial charge in [0.05, 0.1) is 6.10 Å². The normalized spacial score (nSPS) is 21.0. The fourth-order valence-corrected chi connectivity index (χ4v) is 2.63. The molecule has 1 rings (SSSR count). The van der Waals surface area contributed by atoms with Crippen LogP contribution in [0.3, 0.4) is 0 Å². The number of epoxide rings is 1. The zero-order valence-electron chi connectivity index (χ0n) is 13.6. The van der Waals surface area contributed by atoms with Crippen LogP contribution in [0.1, 0.15) is 84.0 Å². The van der Waals surface area contributed by atoms with Crippen LogP contribution in [0.5, 0.6) is 0 Å². The molecule has 3 heteroatoms. The number of hydrogen-bond acceptors (Lipinski definition) is 2. The van der Waals surface area contributed by atoms with Crippen LogP contribution in [0.4, 0.5) is 0 Å². The van der Waals surface area contributed by atoms with E-state index < -0.39 is 5.97 Å². The van der Waals surface area contributed by atoms with Crippen molar-refractivity contribution < 1.29 is 14.6 Å². The van der Waals surface area contributed by atoms with Crippen LogP contribution < -0.4 is 0 Å². The Hall–Kier alpha value is -0.830. The molecule has 0 radical (unpaired) electrons. The molecule has 0 saturated carbocycles. The molecule has 0 bridgehead atoms. The Morgan fingerprint density at radius 3 is 2.52 bits per heavy atom. The van der Waals surface area contributed by atoms with Crippen LogP contribution in [0, 0.1) is 0 Å². The Kier molecular flexibility index (Phi) is 10.2. The molecular weight excluding hydrogens is 264 g/mol. The summed E-state index contributed by atoms with van der Waals surface area (Å²) in [5.41, 5.74) is 0. The molecule has 0 aromatic rings. The van der Waals surface area contributed by atoms with Crippen molar-refractivity contribution in [2.45, 2.75) is 96.2 Å². The van der Waals surface area contributed by atoms with Gasteiger partial charge in [0.15, 0.2) is 0 Å². The van der Waals surface area contributed by atoms with Crippen LogP contribution >= 0.6 is 0 Å². The molecule has 0 aliphatic carbocycles. The van der Waals surface area contributed by atoms with Gasteiger partial charge >= 0.3 is 5.97 Å². The van der Waals surface area contributed by atoms with Gasteiger partial charge in [0.2, 0.25) is 0 Å². The Balaban J connectivity index is 1.83. The highest BCUT2D eigenvalue weighted by Crippen LogP contribution is 2.28. The number of carbonyl (C=O) groups is 1. The summed E-state index contributed by atoms with van der Waals surface area (Å²) in [7, 11) is 0. The third-order valence-electron chi connectivity index (χ3n) is 4.05. The Labute approximate surface area is 129 Å². The van der Waals surface area contributed by atoms with E-state index in [0.29, 0.717) is 18.6 Å². The minimum Gasteiger partial charge on any atom is -0.481 e. The van der Waals surface area contributed by atoms with Crippen molar-refractivity contribution >= 4 is 5.97 Å². The molecule has 0 aromatic carbocycles. The van der Waals surface area contributed by atoms with E-state index in [4.69, 9.17) is 9.84 Å². The zero-order chi connectivity index (χ0) is 15.3. The van der Waals surface area contributed by atoms with Gasteiger partial charge in [-0.1, -0.05) is 64.0 Å². The van der Waals surface area contributed by atoms with Gasteiger partial charge in [0.1, 0.15) is 6.10 Å². The summed E-state index contributed by atoms with van der Waals surface area (Å²) in [6.45, 7) is 2.24. The third kappa shape index (κ3) is 10.5. The van der Waals surface area contributed by atoms with Crippen LogP contribution in [-0.4, -0.2) is 23.3 Å². The first-order valence-electron chi connectivity index (χ1n) is 8.78. The predicted molar refractivity (Wildman–Crippen MR) is 86.5 cm³/mol. The standard InChI is InChI=1S/C18H32O3/c1-2-3-4-5-7-10-13-16-17(21-16)14-11-8-6-9-12-15-18(19)20/h10,13,16-17H,2-9,11-12,14-15H2,1H3,(H,19,20). The van der Waals surface area contributed by atoms with Gasteiger partial charge in [0, 0.05) is 6.42 Å². The molecule has 1 aliphatic heterocycles. The average Bonchev–Trinajstić information content (AvgIpc) is 3.20. The molecule has 1 fully saturated rings. The highest BCUT2D eigenvalue weighted by atomic mass is 16.6. The summed E-state index contributed by atoms with van der Waals surface area (Å²) in [6, 6.07) is 0. The molecule has 1 N–H and O–H groups in total. The number of aliphatic carboxylic acids is 1. The minimum absolute atomic E-state index is 0.316. The number of ether oxygens (including phenoxy) is 1. The van der Waals surface area contributed by atoms with Crippen molar-refractivity contribution in [1.29, 1.82) is 0 Å². The maximum absolute atomic E-state index is 10.4. The molecule has 3 nitrogen and oxygen atoms in total. The largest absolute Gasteiger partial charge is 0.481 e. The van der Waals surface area contributed by atoms with Gasteiger partial charge in [0.25, 0.3) is 0 Å². The van der Waals surface area contributed by atoms with E-state index in [0.717, 1.165) is 25.7 Å². The average molecular weight is 296 g/mol. The van der Waals surface area contributed by atoms with Gasteiger partial charge in [-0.15, -0.1) is 0 Å². The first-order chi connectivity index (χ1) is 10.2. The maximum atomic E-state index is 10.4. The monoisotopic (exact) mass is 296 g/mol. The van der Waals surface area contributed by atoms with Crippen LogP contribution in [0.15, 0.2) is 12.2 Å². The Morgan fingerprint density at radius 1 is 1.05 bits per heavy atom. The van der Waals surface area contributed by atoms with Crippen molar-refractivity contribution in [2.75, 3.05) is 0 Å². The van der Waals surface area contributed by atoms with Crippen molar-refractivity contribution in [1.82, 2.24) is 0 Å². The lowest BCUT2D eigenvalue weighted by atomic mass is 10.1. The van der Waals surface area contributed by atoms with Crippen molar-refractivity contribution in [3.63, 3.8) is 0 Å². The SMILES string of the molecule is CCCCCCC=CC1OC1CCCCCCCC(=O)O. The first-order valence-corrected chi connectivity index (χ1v) is 8.78. The van der Waals surface area contributed by atoms with E-state index in [9.17, 15) is 4.79 Å². The summed E-state index contributed by atoms with van der Waals surface area (Å²) in [6.07, 6.45) is 18.7. The van der Waals surface area contributed by atoms with E-state index >= 15 is 0 Å². The van der Waals surface area contributed by atoms with E-state index in [2.05, 4.69) is 19.1 Å². The summed E-state index contributed by atoms with van der Waals surface area (Å²) in [4.78, 5) is 10.4. The van der Waals surface area contributed by atoms with Gasteiger partial charge in [-0.2, -0.15) is 0 Å². The molecule has 0 spiro atoms. The summed E-state index contributed by atoms with van der Waals surface area (Å²) >= 11 is 0. The van der Waals surface area contributed by atoms with Crippen LogP contribution in [0.2, 0.25) is 0 Å². The molecular formula is C18H32O3. The van der Waals surface area contributed by atoms with Gasteiger partial charge in [-0.3, -0.25) is 4.79 Å². The fourth-order valence-electron chi connectivity index (χ4n) is 2.63. The number of carboxylic acid groups (broad SMARTS) is 1. The summed E-state index contributed by atoms with van der Waals surface area (Å²) < 4.78 is 5.64. The maximum Gasteiger partial charge on any atom is 0.303 e. The second-order valence-electron chi connectivity index (χ2n) is 6.12. The Bertz CT molecular complexity index is 299. The molecule has 2 atom stereocenters. The molecule has 1 saturated heterocycles. The van der Waals surface area contributed by atoms with E-state index in [1.165, 1.54) is 44.9 Å². The first kappa shape index (κ1) is 18.2. The lowest BCUT2D eigenvalue weighted by Gasteiger charge is -1.98. The highest BCUT2D eigenvalue weighted by molar-refractivity contribution is 5.66. The van der Waals surface area contributed by atoms with E-state index in [1.807, 2.05) is 0 Å². The summed E-state index contributed by atoms with van der Waals surface area (Å²) in [5.74, 6) is -0.675. The molecule has 1 heterocycles. The second-order valence-corrected chi connectivity index (χ2v) is 6.12. The zero-order valence-corrected chi connectivity index (χ0v) is 13.6.